The minimum Gasteiger partial charge on any atom is -0.314 e. The summed E-state index contributed by atoms with van der Waals surface area (Å²) in [5, 5.41) is 3.49. The number of hydrogen-bond donors (Lipinski definition) is 1. The number of nitrogens with zero attached hydrogens (tertiary/aromatic N) is 1. The van der Waals surface area contributed by atoms with Gasteiger partial charge in [0.25, 0.3) is 0 Å². The fourth-order valence-electron chi connectivity index (χ4n) is 1.80. The molecule has 0 aromatic heterocycles. The van der Waals surface area contributed by atoms with Crippen LogP contribution in [0.2, 0.25) is 0 Å². The van der Waals surface area contributed by atoms with Crippen LogP contribution in [-0.4, -0.2) is 37.1 Å². The third-order valence-electron chi connectivity index (χ3n) is 2.59. The summed E-state index contributed by atoms with van der Waals surface area (Å²) < 4.78 is 0. The highest BCUT2D eigenvalue weighted by Crippen LogP contribution is 2.05. The van der Waals surface area contributed by atoms with E-state index in [-0.39, 0.29) is 0 Å². The van der Waals surface area contributed by atoms with Gasteiger partial charge in [-0.2, -0.15) is 0 Å². The van der Waals surface area contributed by atoms with E-state index in [1.54, 1.807) is 0 Å². The first-order chi connectivity index (χ1) is 6.68. The molecule has 0 aromatic carbocycles. The van der Waals surface area contributed by atoms with Crippen molar-refractivity contribution in [2.24, 2.45) is 5.92 Å². The molecule has 82 valence electrons. The normalized spacial score (nSPS) is 20.3. The van der Waals surface area contributed by atoms with Crippen molar-refractivity contribution in [1.29, 1.82) is 0 Å². The Morgan fingerprint density at radius 1 is 1.29 bits per heavy atom. The lowest BCUT2D eigenvalue weighted by Crippen LogP contribution is -2.36. The van der Waals surface area contributed by atoms with Gasteiger partial charge in [0.2, 0.25) is 0 Å². The van der Waals surface area contributed by atoms with Gasteiger partial charge in [-0.05, 0) is 18.9 Å². The largest absolute Gasteiger partial charge is 0.314 e. The Morgan fingerprint density at radius 2 is 2.07 bits per heavy atom. The molecule has 0 fully saturated rings. The molecular formula is C12H24N2. The Balaban J connectivity index is 2.12. The number of hydrogen-bond acceptors (Lipinski definition) is 2. The van der Waals surface area contributed by atoms with Gasteiger partial charge in [-0.1, -0.05) is 32.9 Å². The first kappa shape index (κ1) is 11.7. The quantitative estimate of drug-likeness (QED) is 0.675. The van der Waals surface area contributed by atoms with Gasteiger partial charge in [0.05, 0.1) is 0 Å². The summed E-state index contributed by atoms with van der Waals surface area (Å²) in [5.41, 5.74) is 0. The Bertz CT molecular complexity index is 175. The van der Waals surface area contributed by atoms with Gasteiger partial charge in [0, 0.05) is 25.7 Å². The fourth-order valence-corrected chi connectivity index (χ4v) is 1.80. The van der Waals surface area contributed by atoms with Crippen molar-refractivity contribution in [2.45, 2.75) is 33.2 Å². The second kappa shape index (κ2) is 6.20. The lowest BCUT2D eigenvalue weighted by atomic mass is 10.1. The van der Waals surface area contributed by atoms with Crippen molar-refractivity contribution in [1.82, 2.24) is 10.2 Å². The minimum atomic E-state index is 0.610. The maximum atomic E-state index is 3.49. The second-order valence-corrected chi connectivity index (χ2v) is 4.69. The lowest BCUT2D eigenvalue weighted by molar-refractivity contribution is 0.251. The van der Waals surface area contributed by atoms with Crippen LogP contribution in [0.5, 0.6) is 0 Å². The van der Waals surface area contributed by atoms with E-state index in [0.717, 1.165) is 19.0 Å². The Kier molecular flexibility index (Phi) is 5.20. The minimum absolute atomic E-state index is 0.610. The van der Waals surface area contributed by atoms with Gasteiger partial charge in [-0.25, -0.2) is 0 Å². The molecule has 1 N–H and O–H groups in total. The van der Waals surface area contributed by atoms with Crippen molar-refractivity contribution in [3.63, 3.8) is 0 Å². The van der Waals surface area contributed by atoms with Crippen LogP contribution in [0.25, 0.3) is 0 Å². The van der Waals surface area contributed by atoms with E-state index in [2.05, 4.69) is 43.1 Å². The molecule has 2 nitrogen and oxygen atoms in total. The first-order valence-electron chi connectivity index (χ1n) is 5.79. The van der Waals surface area contributed by atoms with E-state index < -0.39 is 0 Å². The van der Waals surface area contributed by atoms with Crippen LogP contribution < -0.4 is 5.32 Å². The highest BCUT2D eigenvalue weighted by Gasteiger charge is 2.10. The molecule has 14 heavy (non-hydrogen) atoms. The summed E-state index contributed by atoms with van der Waals surface area (Å²) >= 11 is 0. The second-order valence-electron chi connectivity index (χ2n) is 4.69. The standard InChI is InChI=1S/C12H24N2/c1-11(2)13-9-12(3)10-14-7-5-4-6-8-14/h4-5,11-13H,6-10H2,1-3H3. The summed E-state index contributed by atoms with van der Waals surface area (Å²) in [6, 6.07) is 0.610. The molecule has 2 heteroatoms. The van der Waals surface area contributed by atoms with Gasteiger partial charge < -0.3 is 5.32 Å². The third-order valence-corrected chi connectivity index (χ3v) is 2.59. The molecule has 1 heterocycles. The van der Waals surface area contributed by atoms with Crippen LogP contribution in [0.4, 0.5) is 0 Å². The zero-order valence-electron chi connectivity index (χ0n) is 9.79. The topological polar surface area (TPSA) is 15.3 Å². The Labute approximate surface area is 88.4 Å². The van der Waals surface area contributed by atoms with Crippen molar-refractivity contribution < 1.29 is 0 Å². The highest BCUT2D eigenvalue weighted by atomic mass is 15.1. The van der Waals surface area contributed by atoms with Gasteiger partial charge in [-0.15, -0.1) is 0 Å². The van der Waals surface area contributed by atoms with Crippen molar-refractivity contribution in [2.75, 3.05) is 26.2 Å². The molecule has 1 unspecified atom stereocenters. The van der Waals surface area contributed by atoms with E-state index >= 15 is 0 Å². The Morgan fingerprint density at radius 3 is 2.64 bits per heavy atom. The van der Waals surface area contributed by atoms with Crippen molar-refractivity contribution in [3.8, 4) is 0 Å². The summed E-state index contributed by atoms with van der Waals surface area (Å²) in [4.78, 5) is 2.53. The summed E-state index contributed by atoms with van der Waals surface area (Å²) in [7, 11) is 0. The zero-order chi connectivity index (χ0) is 10.4. The van der Waals surface area contributed by atoms with Crippen LogP contribution in [0, 0.1) is 5.92 Å². The molecule has 0 aliphatic carbocycles. The molecule has 1 rings (SSSR count). The van der Waals surface area contributed by atoms with Crippen LogP contribution in [-0.2, 0) is 0 Å². The van der Waals surface area contributed by atoms with E-state index in [9.17, 15) is 0 Å². The lowest BCUT2D eigenvalue weighted by Gasteiger charge is -2.26. The van der Waals surface area contributed by atoms with Crippen LogP contribution >= 0.6 is 0 Å². The third kappa shape index (κ3) is 4.77. The van der Waals surface area contributed by atoms with Gasteiger partial charge in [0.1, 0.15) is 0 Å². The molecule has 0 radical (unpaired) electrons. The van der Waals surface area contributed by atoms with Crippen LogP contribution in [0.3, 0.4) is 0 Å². The fraction of sp³-hybridized carbons (Fsp3) is 0.833. The maximum Gasteiger partial charge on any atom is 0.0163 e. The maximum absolute atomic E-state index is 3.49. The molecule has 0 amide bonds. The summed E-state index contributed by atoms with van der Waals surface area (Å²) in [5.74, 6) is 0.754. The first-order valence-corrected chi connectivity index (χ1v) is 5.79. The SMILES string of the molecule is CC(CNC(C)C)CN1CC=CCC1. The molecule has 1 aliphatic heterocycles. The number of rotatable bonds is 5. The molecule has 1 atom stereocenters. The number of nitrogens with one attached hydrogen (secondary N) is 1. The van der Waals surface area contributed by atoms with E-state index in [1.807, 2.05) is 0 Å². The monoisotopic (exact) mass is 196 g/mol. The Hall–Kier alpha value is -0.340. The predicted octanol–water partition coefficient (Wildman–Crippen LogP) is 1.88. The molecule has 0 spiro atoms. The molecule has 0 aromatic rings. The molecule has 0 saturated heterocycles. The van der Waals surface area contributed by atoms with Crippen molar-refractivity contribution in [3.05, 3.63) is 12.2 Å². The van der Waals surface area contributed by atoms with E-state index in [1.165, 1.54) is 19.5 Å². The summed E-state index contributed by atoms with van der Waals surface area (Å²) in [6.45, 7) is 11.5. The zero-order valence-corrected chi connectivity index (χ0v) is 9.79. The van der Waals surface area contributed by atoms with Crippen LogP contribution in [0.15, 0.2) is 12.2 Å². The van der Waals surface area contributed by atoms with Gasteiger partial charge >= 0.3 is 0 Å². The van der Waals surface area contributed by atoms with Gasteiger partial charge in [0.15, 0.2) is 0 Å². The van der Waals surface area contributed by atoms with E-state index in [4.69, 9.17) is 0 Å². The molecule has 1 aliphatic rings. The smallest absolute Gasteiger partial charge is 0.0163 e. The predicted molar refractivity (Wildman–Crippen MR) is 62.5 cm³/mol. The average Bonchev–Trinajstić information content (AvgIpc) is 2.16. The van der Waals surface area contributed by atoms with Gasteiger partial charge in [-0.3, -0.25) is 4.90 Å². The molecule has 0 saturated carbocycles. The summed E-state index contributed by atoms with van der Waals surface area (Å²) in [6.07, 6.45) is 5.80. The van der Waals surface area contributed by atoms with Crippen LogP contribution in [0.1, 0.15) is 27.2 Å². The average molecular weight is 196 g/mol. The van der Waals surface area contributed by atoms with E-state index in [0.29, 0.717) is 6.04 Å². The van der Waals surface area contributed by atoms with Crippen molar-refractivity contribution >= 4 is 0 Å². The molecular weight excluding hydrogens is 172 g/mol. The molecule has 0 bridgehead atoms. The highest BCUT2D eigenvalue weighted by molar-refractivity contribution is 4.91.